The van der Waals surface area contributed by atoms with Crippen LogP contribution in [0.15, 0.2) is 146 Å². The lowest BCUT2D eigenvalue weighted by molar-refractivity contribution is -0.384. The number of ether oxygens (including phenoxy) is 4. The summed E-state index contributed by atoms with van der Waals surface area (Å²) in [6, 6.07) is 37.8. The van der Waals surface area contributed by atoms with Crippen molar-refractivity contribution in [3.05, 3.63) is 195 Å². The number of aliphatic hydroxyl groups is 1. The highest BCUT2D eigenvalue weighted by Crippen LogP contribution is 2.66. The van der Waals surface area contributed by atoms with Crippen LogP contribution in [0.4, 0.5) is 16.2 Å². The van der Waals surface area contributed by atoms with Crippen LogP contribution in [-0.2, 0) is 42.4 Å². The maximum atomic E-state index is 16.8. The zero-order valence-electron chi connectivity index (χ0n) is 43.1. The minimum Gasteiger partial charge on any atom is -0.508 e. The summed E-state index contributed by atoms with van der Waals surface area (Å²) in [5.74, 6) is 4.00. The van der Waals surface area contributed by atoms with Crippen molar-refractivity contribution in [1.82, 2.24) is 14.7 Å². The molecule has 6 aromatic carbocycles. The number of morpholine rings is 1. The van der Waals surface area contributed by atoms with Gasteiger partial charge in [-0.3, -0.25) is 34.3 Å². The summed E-state index contributed by atoms with van der Waals surface area (Å²) in [5, 5.41) is 34.3. The fourth-order valence-corrected chi connectivity index (χ4v) is 12.8. The predicted octanol–water partition coefficient (Wildman–Crippen LogP) is 8.81. The van der Waals surface area contributed by atoms with Gasteiger partial charge in [-0.25, -0.2) is 9.69 Å². The van der Waals surface area contributed by atoms with E-state index < -0.39 is 70.0 Å². The normalized spacial score (nSPS) is 24.2. The summed E-state index contributed by atoms with van der Waals surface area (Å²) >= 11 is 0. The number of anilines is 1. The van der Waals surface area contributed by atoms with E-state index in [1.165, 1.54) is 36.4 Å². The number of carbonyl (C=O) groups is 4. The van der Waals surface area contributed by atoms with Gasteiger partial charge in [-0.2, -0.15) is 0 Å². The third-order valence-corrected chi connectivity index (χ3v) is 16.5. The molecule has 1 saturated carbocycles. The molecule has 402 valence electrons. The predicted molar refractivity (Wildman–Crippen MR) is 287 cm³/mol. The van der Waals surface area contributed by atoms with E-state index in [2.05, 4.69) is 16.7 Å². The van der Waals surface area contributed by atoms with E-state index in [9.17, 15) is 20.3 Å². The van der Waals surface area contributed by atoms with E-state index in [-0.39, 0.29) is 49.2 Å². The van der Waals surface area contributed by atoms with Crippen molar-refractivity contribution < 1.29 is 53.3 Å². The zero-order chi connectivity index (χ0) is 54.4. The Hall–Kier alpha value is -8.56. The molecular weight excluding hydrogens is 1010 g/mol. The number of phenols is 1. The quantitative estimate of drug-likeness (QED) is 0.0457. The fourth-order valence-electron chi connectivity index (χ4n) is 12.8. The first-order valence-corrected chi connectivity index (χ1v) is 26.8. The number of phenolic OH excluding ortho intramolecular Hbond substituents is 1. The topological polar surface area (TPSA) is 202 Å². The molecule has 1 spiro atoms. The number of carbonyl (C=O) groups excluding carboxylic acids is 4. The molecule has 5 heterocycles. The van der Waals surface area contributed by atoms with E-state index in [4.69, 9.17) is 18.9 Å². The minimum atomic E-state index is -2.13. The van der Waals surface area contributed by atoms with Gasteiger partial charge in [0.15, 0.2) is 11.5 Å². The van der Waals surface area contributed by atoms with Crippen LogP contribution in [0.1, 0.15) is 95.7 Å². The number of piperazine rings is 1. The molecule has 1 aliphatic carbocycles. The molecule has 2 N–H and O–H groups in total. The number of hydrogen-bond acceptors (Lipinski definition) is 14. The molecule has 79 heavy (non-hydrogen) atoms. The third-order valence-electron chi connectivity index (χ3n) is 16.5. The zero-order valence-corrected chi connectivity index (χ0v) is 43.1. The van der Waals surface area contributed by atoms with Crippen molar-refractivity contribution >= 4 is 35.3 Å². The Morgan fingerprint density at radius 1 is 0.734 bits per heavy atom. The summed E-state index contributed by atoms with van der Waals surface area (Å²) in [5.41, 5.74) is 0.406. The number of nitro benzene ring substituents is 1. The lowest BCUT2D eigenvalue weighted by atomic mass is 9.64. The smallest absolute Gasteiger partial charge is 0.421 e. The first-order chi connectivity index (χ1) is 38.4. The number of amides is 3. The van der Waals surface area contributed by atoms with Crippen LogP contribution < -0.4 is 14.4 Å². The Morgan fingerprint density at radius 2 is 1.41 bits per heavy atom. The van der Waals surface area contributed by atoms with Gasteiger partial charge in [-0.15, -0.1) is 0 Å². The molecule has 3 amide bonds. The molecule has 4 fully saturated rings. The number of cyclic esters (lactones) is 1. The van der Waals surface area contributed by atoms with Crippen molar-refractivity contribution in [3.63, 3.8) is 0 Å². The molecule has 6 aliphatic rings. The number of hydrogen-bond donors (Lipinski definition) is 2. The van der Waals surface area contributed by atoms with Crippen LogP contribution >= 0.6 is 0 Å². The van der Waals surface area contributed by atoms with E-state index in [1.54, 1.807) is 35.2 Å². The van der Waals surface area contributed by atoms with Crippen molar-refractivity contribution in [1.29, 1.82) is 0 Å². The summed E-state index contributed by atoms with van der Waals surface area (Å²) < 4.78 is 23.8. The van der Waals surface area contributed by atoms with Gasteiger partial charge in [-0.1, -0.05) is 104 Å². The summed E-state index contributed by atoms with van der Waals surface area (Å²) in [6.07, 6.45) is 2.46. The number of nitrogens with zero attached hydrogens (tertiary/aromatic N) is 5. The number of rotatable bonds is 9. The lowest BCUT2D eigenvalue weighted by Crippen LogP contribution is -2.59. The number of aromatic hydroxyl groups is 1. The van der Waals surface area contributed by atoms with Gasteiger partial charge in [0.1, 0.15) is 35.5 Å². The van der Waals surface area contributed by atoms with Crippen LogP contribution in [0, 0.1) is 27.9 Å². The Kier molecular flexibility index (Phi) is 13.6. The second-order valence-electron chi connectivity index (χ2n) is 21.2. The Morgan fingerprint density at radius 3 is 2.10 bits per heavy atom. The highest BCUT2D eigenvalue weighted by molar-refractivity contribution is 6.23. The average Bonchev–Trinajstić information content (AvgIpc) is 4.20. The van der Waals surface area contributed by atoms with Crippen LogP contribution in [0.2, 0.25) is 0 Å². The molecule has 0 aromatic heterocycles. The molecule has 17 nitrogen and oxygen atoms in total. The van der Waals surface area contributed by atoms with Gasteiger partial charge >= 0.3 is 12.1 Å². The van der Waals surface area contributed by atoms with Crippen molar-refractivity contribution in [3.8, 4) is 29.1 Å². The summed E-state index contributed by atoms with van der Waals surface area (Å²) in [4.78, 5) is 81.9. The van der Waals surface area contributed by atoms with Crippen molar-refractivity contribution in [2.75, 3.05) is 37.9 Å². The van der Waals surface area contributed by atoms with Gasteiger partial charge in [0.2, 0.25) is 18.6 Å². The van der Waals surface area contributed by atoms with Gasteiger partial charge in [0.05, 0.1) is 28.6 Å². The van der Waals surface area contributed by atoms with Crippen LogP contribution in [0.3, 0.4) is 0 Å². The highest BCUT2D eigenvalue weighted by Gasteiger charge is 2.76. The molecule has 3 saturated heterocycles. The largest absolute Gasteiger partial charge is 0.508 e. The molecule has 17 heteroatoms. The molecular formula is C62H57N5O12. The van der Waals surface area contributed by atoms with Crippen LogP contribution in [0.5, 0.6) is 17.2 Å². The molecule has 6 aromatic rings. The number of esters is 1. The highest BCUT2D eigenvalue weighted by atomic mass is 16.7. The molecule has 0 radical (unpaired) electrons. The second-order valence-corrected chi connectivity index (χ2v) is 21.2. The van der Waals surface area contributed by atoms with E-state index in [1.807, 2.05) is 83.8 Å². The minimum absolute atomic E-state index is 0.0676. The maximum Gasteiger partial charge on any atom is 0.421 e. The molecule has 6 atom stereocenters. The first kappa shape index (κ1) is 51.2. The van der Waals surface area contributed by atoms with Gasteiger partial charge in [0.25, 0.3) is 5.69 Å². The average molecular weight is 1060 g/mol. The number of nitro groups is 1. The molecule has 12 rings (SSSR count). The van der Waals surface area contributed by atoms with Gasteiger partial charge in [0, 0.05) is 50.4 Å². The maximum absolute atomic E-state index is 16.8. The van der Waals surface area contributed by atoms with E-state index in [0.29, 0.717) is 66.2 Å². The number of fused-ring (bicyclic) bond motifs is 4. The first-order valence-electron chi connectivity index (χ1n) is 26.8. The number of benzene rings is 6. The van der Waals surface area contributed by atoms with Crippen molar-refractivity contribution in [2.24, 2.45) is 5.92 Å². The number of imide groups is 1. The van der Waals surface area contributed by atoms with Crippen LogP contribution in [0.25, 0.3) is 0 Å². The third kappa shape index (κ3) is 9.39. The monoisotopic (exact) mass is 1060 g/mol. The Balaban J connectivity index is 1.04. The SMILES string of the molecule is O=C1O[C@@H](c2ccccc2)[C@@H](c2ccccc2)N2[C@@H](c3ccc(O)cc3)[C@]3(C(=O)N(C(=O)OCc4ccc([N+](=O)[O-])cc4)c4ccc(C#CC5(O)CCCCCC5)cc43)[C@@H](C(=O)N3CCN(Cc4ccc5c(c4)OCO5)CC3)[C@H]12. The lowest BCUT2D eigenvalue weighted by Gasteiger charge is -2.46. The summed E-state index contributed by atoms with van der Waals surface area (Å²) in [7, 11) is 0. The standard InChI is InChI=1S/C62H57N5O12/c68-47-23-19-45(20-24-47)56-62(48-35-40(27-30-61(73)28-9-1-2-10-29-61)17-25-49(48)65(59(62)71)60(72)76-38-41-15-21-46(22-16-41)67(74)75)52(57(69)64-33-31-63(32-34-64)37-42-18-26-50-51(36-42)78-39-77-50)54-58(70)79-55(44-13-7-4-8-14-44)53(66(54)56)43-11-5-3-6-12-43/h3-8,11-26,35-36,52-56,68,73H,1-2,9-10,28-29,31-34,37-39H2/t52-,53-,54-,55+,56+,62-/m1/s1. The summed E-state index contributed by atoms with van der Waals surface area (Å²) in [6.45, 7) is 1.66. The fraction of sp³-hybridized carbons (Fsp3) is 0.323. The molecule has 5 aliphatic heterocycles. The van der Waals surface area contributed by atoms with Gasteiger partial charge in [-0.05, 0) is 114 Å². The van der Waals surface area contributed by atoms with Crippen LogP contribution in [-0.4, -0.2) is 98.3 Å². The van der Waals surface area contributed by atoms with E-state index in [0.717, 1.165) is 41.7 Å². The second kappa shape index (κ2) is 21.0. The molecule has 0 unspecified atom stereocenters. The Bertz CT molecular complexity index is 3390. The van der Waals surface area contributed by atoms with E-state index >= 15 is 19.2 Å². The Labute approximate surface area is 456 Å². The van der Waals surface area contributed by atoms with Crippen molar-refractivity contribution in [2.45, 2.75) is 86.9 Å². The van der Waals surface area contributed by atoms with Gasteiger partial charge < -0.3 is 34.1 Å². The number of non-ortho nitro benzene ring substituents is 1. The molecule has 0 bridgehead atoms.